The number of furan rings is 1. The smallest absolute Gasteiger partial charge is 0.293 e. The first-order valence-electron chi connectivity index (χ1n) is 8.84. The van der Waals surface area contributed by atoms with E-state index >= 15 is 0 Å². The van der Waals surface area contributed by atoms with Gasteiger partial charge in [0.05, 0.1) is 28.3 Å². The molecule has 10 nitrogen and oxygen atoms in total. The standard InChI is InChI=1S/C18H16N4O6S2/c1-11-4-5-12(22(24)25)9-16(11)30(26,27)21-7-6-13-15(10-21)29-18(19-13)20-17(23)14-3-2-8-28-14/h2-5,8-9H,6-7,10H2,1H3,(H,19,20,23). The van der Waals surface area contributed by atoms with Crippen molar-refractivity contribution in [3.8, 4) is 0 Å². The zero-order valence-electron chi connectivity index (χ0n) is 15.7. The van der Waals surface area contributed by atoms with Gasteiger partial charge in [0.15, 0.2) is 10.9 Å². The Balaban J connectivity index is 1.57. The molecule has 4 rings (SSSR count). The molecule has 2 aromatic heterocycles. The normalized spacial score (nSPS) is 14.3. The molecule has 0 fully saturated rings. The summed E-state index contributed by atoms with van der Waals surface area (Å²) < 4.78 is 32.6. The molecule has 0 radical (unpaired) electrons. The second kappa shape index (κ2) is 7.63. The van der Waals surface area contributed by atoms with Gasteiger partial charge in [-0.3, -0.25) is 20.2 Å². The number of carbonyl (C=O) groups is 1. The molecule has 1 aliphatic rings. The zero-order valence-corrected chi connectivity index (χ0v) is 17.3. The Kier molecular flexibility index (Phi) is 5.13. The number of hydrogen-bond donors (Lipinski definition) is 1. The molecular formula is C18H16N4O6S2. The van der Waals surface area contributed by atoms with E-state index in [4.69, 9.17) is 4.42 Å². The fraction of sp³-hybridized carbons (Fsp3) is 0.222. The van der Waals surface area contributed by atoms with Crippen molar-refractivity contribution in [2.45, 2.75) is 24.8 Å². The van der Waals surface area contributed by atoms with Crippen LogP contribution in [0.5, 0.6) is 0 Å². The van der Waals surface area contributed by atoms with E-state index in [2.05, 4.69) is 10.3 Å². The third-order valence-electron chi connectivity index (χ3n) is 4.66. The summed E-state index contributed by atoms with van der Waals surface area (Å²) in [7, 11) is -3.94. The van der Waals surface area contributed by atoms with Crippen molar-refractivity contribution < 1.29 is 22.6 Å². The Hall–Kier alpha value is -3.09. The molecule has 0 atom stereocenters. The van der Waals surface area contributed by atoms with Crippen molar-refractivity contribution in [2.75, 3.05) is 11.9 Å². The number of hydrogen-bond acceptors (Lipinski definition) is 8. The lowest BCUT2D eigenvalue weighted by atomic mass is 10.2. The maximum atomic E-state index is 13.1. The highest BCUT2D eigenvalue weighted by Crippen LogP contribution is 2.33. The van der Waals surface area contributed by atoms with Crippen LogP contribution in [0.4, 0.5) is 10.8 Å². The van der Waals surface area contributed by atoms with Crippen LogP contribution in [-0.2, 0) is 23.0 Å². The zero-order chi connectivity index (χ0) is 21.5. The topological polar surface area (TPSA) is 136 Å². The molecule has 0 aliphatic carbocycles. The molecule has 0 saturated carbocycles. The summed E-state index contributed by atoms with van der Waals surface area (Å²) in [5.41, 5.74) is 0.872. The van der Waals surface area contributed by atoms with E-state index in [9.17, 15) is 23.3 Å². The molecule has 12 heteroatoms. The number of carbonyl (C=O) groups excluding carboxylic acids is 1. The van der Waals surface area contributed by atoms with Crippen LogP contribution >= 0.6 is 11.3 Å². The predicted octanol–water partition coefficient (Wildman–Crippen LogP) is 2.95. The summed E-state index contributed by atoms with van der Waals surface area (Å²) in [5.74, 6) is -0.295. The third kappa shape index (κ3) is 3.72. The van der Waals surface area contributed by atoms with E-state index < -0.39 is 20.9 Å². The van der Waals surface area contributed by atoms with Gasteiger partial charge in [0.2, 0.25) is 10.0 Å². The lowest BCUT2D eigenvalue weighted by Crippen LogP contribution is -2.35. The predicted molar refractivity (Wildman–Crippen MR) is 108 cm³/mol. The van der Waals surface area contributed by atoms with Gasteiger partial charge in [-0.1, -0.05) is 6.07 Å². The summed E-state index contributed by atoms with van der Waals surface area (Å²) in [6.45, 7) is 1.86. The molecule has 1 N–H and O–H groups in total. The number of fused-ring (bicyclic) bond motifs is 1. The Morgan fingerprint density at radius 3 is 2.87 bits per heavy atom. The number of benzene rings is 1. The highest BCUT2D eigenvalue weighted by atomic mass is 32.2. The largest absolute Gasteiger partial charge is 0.459 e. The first kappa shape index (κ1) is 20.2. The number of anilines is 1. The van der Waals surface area contributed by atoms with Gasteiger partial charge >= 0.3 is 0 Å². The van der Waals surface area contributed by atoms with Gasteiger partial charge in [-0.05, 0) is 24.6 Å². The van der Waals surface area contributed by atoms with Crippen LogP contribution < -0.4 is 5.32 Å². The van der Waals surface area contributed by atoms with Gasteiger partial charge in [0.25, 0.3) is 11.6 Å². The van der Waals surface area contributed by atoms with Gasteiger partial charge in [0.1, 0.15) is 0 Å². The first-order chi connectivity index (χ1) is 14.3. The molecule has 1 amide bonds. The molecule has 3 aromatic rings. The minimum Gasteiger partial charge on any atom is -0.459 e. The van der Waals surface area contributed by atoms with Crippen molar-refractivity contribution >= 4 is 38.1 Å². The molecule has 1 aliphatic heterocycles. The fourth-order valence-corrected chi connectivity index (χ4v) is 5.87. The Labute approximate surface area is 175 Å². The molecule has 0 bridgehead atoms. The van der Waals surface area contributed by atoms with Crippen LogP contribution in [0.2, 0.25) is 0 Å². The van der Waals surface area contributed by atoms with Crippen molar-refractivity contribution in [3.05, 3.63) is 68.6 Å². The number of amides is 1. The van der Waals surface area contributed by atoms with Crippen LogP contribution in [0.1, 0.15) is 26.7 Å². The van der Waals surface area contributed by atoms with Crippen molar-refractivity contribution in [3.63, 3.8) is 0 Å². The van der Waals surface area contributed by atoms with Crippen LogP contribution in [0, 0.1) is 17.0 Å². The van der Waals surface area contributed by atoms with Crippen molar-refractivity contribution in [1.29, 1.82) is 0 Å². The van der Waals surface area contributed by atoms with Crippen molar-refractivity contribution in [1.82, 2.24) is 9.29 Å². The Bertz CT molecular complexity index is 1230. The molecule has 0 saturated heterocycles. The number of nitro groups is 1. The van der Waals surface area contributed by atoms with E-state index in [1.54, 1.807) is 13.0 Å². The first-order valence-corrected chi connectivity index (χ1v) is 11.1. The molecule has 30 heavy (non-hydrogen) atoms. The maximum Gasteiger partial charge on any atom is 0.293 e. The van der Waals surface area contributed by atoms with Gasteiger partial charge in [-0.15, -0.1) is 11.3 Å². The fourth-order valence-electron chi connectivity index (χ4n) is 3.12. The highest BCUT2D eigenvalue weighted by Gasteiger charge is 2.32. The van der Waals surface area contributed by atoms with Gasteiger partial charge < -0.3 is 4.42 Å². The average molecular weight is 448 g/mol. The number of nitro benzene ring substituents is 1. The number of thiazole rings is 1. The summed E-state index contributed by atoms with van der Waals surface area (Å²) in [4.78, 5) is 27.6. The molecule has 3 heterocycles. The van der Waals surface area contributed by atoms with Gasteiger partial charge in [-0.25, -0.2) is 13.4 Å². The average Bonchev–Trinajstić information content (AvgIpc) is 3.36. The number of aryl methyl sites for hydroxylation is 1. The summed E-state index contributed by atoms with van der Waals surface area (Å²) in [6, 6.07) is 6.91. The number of non-ortho nitro benzene ring substituents is 1. The van der Waals surface area contributed by atoms with Crippen LogP contribution in [-0.4, -0.2) is 35.1 Å². The van der Waals surface area contributed by atoms with E-state index in [0.717, 1.165) is 11.8 Å². The minimum absolute atomic E-state index is 0.0775. The van der Waals surface area contributed by atoms with Crippen LogP contribution in [0.3, 0.4) is 0 Å². The number of sulfonamides is 1. The van der Waals surface area contributed by atoms with Crippen molar-refractivity contribution in [2.24, 2.45) is 0 Å². The molecule has 0 spiro atoms. The molecule has 1 aromatic carbocycles. The summed E-state index contributed by atoms with van der Waals surface area (Å²) in [6.07, 6.45) is 1.76. The van der Waals surface area contributed by atoms with Crippen LogP contribution in [0.15, 0.2) is 45.9 Å². The number of rotatable bonds is 5. The summed E-state index contributed by atoms with van der Waals surface area (Å²) >= 11 is 1.19. The molecule has 0 unspecified atom stereocenters. The molecular weight excluding hydrogens is 432 g/mol. The van der Waals surface area contributed by atoms with Crippen LogP contribution in [0.25, 0.3) is 0 Å². The second-order valence-electron chi connectivity index (χ2n) is 6.62. The lowest BCUT2D eigenvalue weighted by molar-refractivity contribution is -0.385. The lowest BCUT2D eigenvalue weighted by Gasteiger charge is -2.25. The Morgan fingerprint density at radius 2 is 2.17 bits per heavy atom. The second-order valence-corrected chi connectivity index (χ2v) is 9.61. The highest BCUT2D eigenvalue weighted by molar-refractivity contribution is 7.89. The van der Waals surface area contributed by atoms with E-state index in [1.807, 2.05) is 0 Å². The molecule has 156 valence electrons. The number of nitrogens with one attached hydrogen (secondary N) is 1. The van der Waals surface area contributed by atoms with E-state index in [-0.39, 0.29) is 29.4 Å². The quantitative estimate of drug-likeness (QED) is 0.468. The number of nitrogens with zero attached hydrogens (tertiary/aromatic N) is 3. The maximum absolute atomic E-state index is 13.1. The third-order valence-corrected chi connectivity index (χ3v) is 7.65. The Morgan fingerprint density at radius 1 is 1.37 bits per heavy atom. The van der Waals surface area contributed by atoms with E-state index in [0.29, 0.717) is 22.0 Å². The SMILES string of the molecule is Cc1ccc([N+](=O)[O-])cc1S(=O)(=O)N1CCc2nc(NC(=O)c3ccco3)sc2C1. The van der Waals surface area contributed by atoms with Gasteiger partial charge in [-0.2, -0.15) is 4.31 Å². The number of aromatic nitrogens is 1. The monoisotopic (exact) mass is 448 g/mol. The minimum atomic E-state index is -3.94. The van der Waals surface area contributed by atoms with Gasteiger partial charge in [0, 0.05) is 30.0 Å². The van der Waals surface area contributed by atoms with E-state index in [1.165, 1.54) is 40.1 Å². The summed E-state index contributed by atoms with van der Waals surface area (Å²) in [5, 5.41) is 14.1.